The van der Waals surface area contributed by atoms with Gasteiger partial charge < -0.3 is 5.11 Å². The number of rotatable bonds is 16. The molecule has 0 aliphatic heterocycles. The summed E-state index contributed by atoms with van der Waals surface area (Å²) in [4.78, 5) is 0. The predicted octanol–water partition coefficient (Wildman–Crippen LogP) is 6.40. The fraction of sp³-hybridized carbons (Fsp3) is 0.727. The van der Waals surface area contributed by atoms with Gasteiger partial charge in [0, 0.05) is 0 Å². The Bertz CT molecular complexity index is 614. The third-order valence-corrected chi connectivity index (χ3v) is 5.56. The Morgan fingerprint density at radius 2 is 1.30 bits per heavy atom. The first-order valence-corrected chi connectivity index (χ1v) is 12.6. The molecular weight excluding hydrogens is 358 g/mol. The first kappa shape index (κ1) is 23.8. The summed E-state index contributed by atoms with van der Waals surface area (Å²) in [6, 6.07) is 5.23. The first-order valence-electron chi connectivity index (χ1n) is 10.7. The summed E-state index contributed by atoms with van der Waals surface area (Å²) in [6.45, 7) is 2.26. The van der Waals surface area contributed by atoms with E-state index in [1.165, 1.54) is 70.6 Å². The number of hydrogen-bond donors (Lipinski definition) is 2. The topological polar surface area (TPSA) is 66.4 Å². The van der Waals surface area contributed by atoms with Gasteiger partial charge in [-0.2, -0.15) is 0 Å². The van der Waals surface area contributed by atoms with Gasteiger partial charge in [0.25, 0.3) is 0 Å². The van der Waals surface area contributed by atoms with Gasteiger partial charge in [-0.3, -0.25) is 4.72 Å². The number of aromatic hydroxyl groups is 1. The standard InChI is InChI=1S/C22H39NO3S/c1-3-4-5-6-7-8-9-10-11-12-13-14-15-17-20-18-16-19-21(22(20)24)23-27(2,25)26/h16,18-19,23-24H,3-15,17H2,1-2H3. The van der Waals surface area contributed by atoms with Crippen LogP contribution in [0.4, 0.5) is 5.69 Å². The van der Waals surface area contributed by atoms with E-state index in [1.807, 2.05) is 6.07 Å². The number of unbranched alkanes of at least 4 members (excludes halogenated alkanes) is 12. The molecular formula is C22H39NO3S. The van der Waals surface area contributed by atoms with E-state index in [9.17, 15) is 13.5 Å². The molecule has 0 radical (unpaired) electrons. The Morgan fingerprint density at radius 3 is 1.78 bits per heavy atom. The maximum atomic E-state index is 11.3. The molecule has 0 bridgehead atoms. The molecule has 0 heterocycles. The van der Waals surface area contributed by atoms with Crippen LogP contribution < -0.4 is 4.72 Å². The fourth-order valence-electron chi connectivity index (χ4n) is 3.41. The number of para-hydroxylation sites is 1. The van der Waals surface area contributed by atoms with Crippen LogP contribution in [0, 0.1) is 0 Å². The van der Waals surface area contributed by atoms with Gasteiger partial charge in [-0.05, 0) is 24.5 Å². The maximum absolute atomic E-state index is 11.3. The Kier molecular flexibility index (Phi) is 12.2. The van der Waals surface area contributed by atoms with Gasteiger partial charge in [-0.25, -0.2) is 8.42 Å². The van der Waals surface area contributed by atoms with Crippen molar-refractivity contribution in [1.82, 2.24) is 0 Å². The number of benzene rings is 1. The molecule has 0 unspecified atom stereocenters. The minimum Gasteiger partial charge on any atom is -0.505 e. The second kappa shape index (κ2) is 13.9. The Balaban J connectivity index is 2.08. The van der Waals surface area contributed by atoms with Gasteiger partial charge in [0.15, 0.2) is 0 Å². The smallest absolute Gasteiger partial charge is 0.229 e. The van der Waals surface area contributed by atoms with Gasteiger partial charge in [0.1, 0.15) is 5.75 Å². The molecule has 5 heteroatoms. The largest absolute Gasteiger partial charge is 0.505 e. The van der Waals surface area contributed by atoms with Crippen LogP contribution in [0.5, 0.6) is 5.75 Å². The molecule has 4 nitrogen and oxygen atoms in total. The molecule has 27 heavy (non-hydrogen) atoms. The SMILES string of the molecule is CCCCCCCCCCCCCCCc1cccc(NS(C)(=O)=O)c1O. The summed E-state index contributed by atoms with van der Waals surface area (Å²) in [5.41, 5.74) is 1.08. The molecule has 2 N–H and O–H groups in total. The lowest BCUT2D eigenvalue weighted by Crippen LogP contribution is -2.10. The van der Waals surface area contributed by atoms with Crippen LogP contribution >= 0.6 is 0 Å². The zero-order valence-corrected chi connectivity index (χ0v) is 18.1. The average Bonchev–Trinajstić information content (AvgIpc) is 2.61. The van der Waals surface area contributed by atoms with Gasteiger partial charge in [-0.15, -0.1) is 0 Å². The molecule has 0 aromatic heterocycles. The van der Waals surface area contributed by atoms with Crippen molar-refractivity contribution in [2.75, 3.05) is 11.0 Å². The van der Waals surface area contributed by atoms with Crippen LogP contribution in [0.25, 0.3) is 0 Å². The molecule has 0 atom stereocenters. The summed E-state index contributed by atoms with van der Waals surface area (Å²) >= 11 is 0. The Labute approximate surface area is 166 Å². The predicted molar refractivity (Wildman–Crippen MR) is 116 cm³/mol. The summed E-state index contributed by atoms with van der Waals surface area (Å²) in [7, 11) is -3.37. The molecule has 0 aliphatic carbocycles. The van der Waals surface area contributed by atoms with E-state index in [0.717, 1.165) is 31.1 Å². The van der Waals surface area contributed by atoms with Crippen molar-refractivity contribution < 1.29 is 13.5 Å². The van der Waals surface area contributed by atoms with E-state index in [1.54, 1.807) is 12.1 Å². The van der Waals surface area contributed by atoms with Crippen molar-refractivity contribution in [3.8, 4) is 5.75 Å². The average molecular weight is 398 g/mol. The minimum atomic E-state index is -3.37. The van der Waals surface area contributed by atoms with E-state index >= 15 is 0 Å². The quantitative estimate of drug-likeness (QED) is 0.250. The van der Waals surface area contributed by atoms with E-state index in [2.05, 4.69) is 11.6 Å². The van der Waals surface area contributed by atoms with Crippen LogP contribution in [0.1, 0.15) is 96.0 Å². The Hall–Kier alpha value is -1.23. The lowest BCUT2D eigenvalue weighted by atomic mass is 10.0. The molecule has 1 aromatic rings. The third-order valence-electron chi connectivity index (χ3n) is 4.96. The fourth-order valence-corrected chi connectivity index (χ4v) is 3.97. The van der Waals surface area contributed by atoms with Crippen LogP contribution in [0.15, 0.2) is 18.2 Å². The van der Waals surface area contributed by atoms with Crippen molar-refractivity contribution in [2.24, 2.45) is 0 Å². The number of hydrogen-bond acceptors (Lipinski definition) is 3. The second-order valence-corrected chi connectivity index (χ2v) is 9.43. The summed E-state index contributed by atoms with van der Waals surface area (Å²) < 4.78 is 25.0. The van der Waals surface area contributed by atoms with Gasteiger partial charge in [0.2, 0.25) is 10.0 Å². The van der Waals surface area contributed by atoms with E-state index in [-0.39, 0.29) is 11.4 Å². The number of aryl methyl sites for hydroxylation is 1. The zero-order valence-electron chi connectivity index (χ0n) is 17.3. The van der Waals surface area contributed by atoms with Gasteiger partial charge >= 0.3 is 0 Å². The molecule has 0 saturated heterocycles. The van der Waals surface area contributed by atoms with Crippen molar-refractivity contribution in [2.45, 2.75) is 96.8 Å². The molecule has 1 rings (SSSR count). The lowest BCUT2D eigenvalue weighted by molar-refractivity contribution is 0.468. The minimum absolute atomic E-state index is 0.0573. The maximum Gasteiger partial charge on any atom is 0.229 e. The van der Waals surface area contributed by atoms with E-state index in [4.69, 9.17) is 0 Å². The molecule has 0 fully saturated rings. The normalized spacial score (nSPS) is 11.6. The van der Waals surface area contributed by atoms with Crippen LogP contribution in [-0.2, 0) is 16.4 Å². The highest BCUT2D eigenvalue weighted by atomic mass is 32.2. The third kappa shape index (κ3) is 12.0. The van der Waals surface area contributed by atoms with Crippen molar-refractivity contribution in [3.05, 3.63) is 23.8 Å². The highest BCUT2D eigenvalue weighted by Crippen LogP contribution is 2.29. The van der Waals surface area contributed by atoms with Gasteiger partial charge in [0.05, 0.1) is 11.9 Å². The highest BCUT2D eigenvalue weighted by molar-refractivity contribution is 7.92. The monoisotopic (exact) mass is 397 g/mol. The van der Waals surface area contributed by atoms with Crippen LogP contribution in [0.3, 0.4) is 0 Å². The van der Waals surface area contributed by atoms with Crippen LogP contribution in [-0.4, -0.2) is 19.8 Å². The number of nitrogens with one attached hydrogen (secondary N) is 1. The summed E-state index contributed by atoms with van der Waals surface area (Å²) in [5.74, 6) is 0.0573. The molecule has 156 valence electrons. The number of phenolic OH excluding ortho intramolecular Hbond substituents is 1. The molecule has 0 amide bonds. The highest BCUT2D eigenvalue weighted by Gasteiger charge is 2.10. The lowest BCUT2D eigenvalue weighted by Gasteiger charge is -2.10. The molecule has 1 aromatic carbocycles. The molecule has 0 saturated carbocycles. The van der Waals surface area contributed by atoms with Crippen molar-refractivity contribution >= 4 is 15.7 Å². The number of phenols is 1. The Morgan fingerprint density at radius 1 is 0.815 bits per heavy atom. The zero-order chi connectivity index (χ0) is 20.0. The van der Waals surface area contributed by atoms with Crippen LogP contribution in [0.2, 0.25) is 0 Å². The first-order chi connectivity index (χ1) is 12.9. The van der Waals surface area contributed by atoms with Crippen molar-refractivity contribution in [3.63, 3.8) is 0 Å². The number of sulfonamides is 1. The molecule has 0 spiro atoms. The second-order valence-electron chi connectivity index (χ2n) is 7.68. The summed E-state index contributed by atoms with van der Waals surface area (Å²) in [6.07, 6.45) is 18.9. The van der Waals surface area contributed by atoms with Gasteiger partial charge in [-0.1, -0.05) is 96.1 Å². The summed E-state index contributed by atoms with van der Waals surface area (Å²) in [5, 5.41) is 10.2. The van der Waals surface area contributed by atoms with E-state index < -0.39 is 10.0 Å². The molecule has 0 aliphatic rings. The number of anilines is 1. The van der Waals surface area contributed by atoms with E-state index in [0.29, 0.717) is 0 Å². The van der Waals surface area contributed by atoms with Crippen molar-refractivity contribution in [1.29, 1.82) is 0 Å².